The van der Waals surface area contributed by atoms with E-state index in [1.807, 2.05) is 31.2 Å². The SMILES string of the molecule is COC(=O)C(C)(CC1CCC1)Nc1cccc(OC)c1. The Labute approximate surface area is 120 Å². The van der Waals surface area contributed by atoms with Crippen LogP contribution in [0.15, 0.2) is 24.3 Å². The van der Waals surface area contributed by atoms with E-state index >= 15 is 0 Å². The molecular formula is C16H23NO3. The van der Waals surface area contributed by atoms with E-state index in [1.54, 1.807) is 7.11 Å². The van der Waals surface area contributed by atoms with Crippen LogP contribution in [0.2, 0.25) is 0 Å². The first kappa shape index (κ1) is 14.7. The van der Waals surface area contributed by atoms with Gasteiger partial charge in [0.05, 0.1) is 14.2 Å². The van der Waals surface area contributed by atoms with Gasteiger partial charge in [-0.15, -0.1) is 0 Å². The van der Waals surface area contributed by atoms with E-state index in [2.05, 4.69) is 5.32 Å². The van der Waals surface area contributed by atoms with Crippen molar-refractivity contribution in [2.75, 3.05) is 19.5 Å². The summed E-state index contributed by atoms with van der Waals surface area (Å²) < 4.78 is 10.2. The highest BCUT2D eigenvalue weighted by molar-refractivity contribution is 5.84. The van der Waals surface area contributed by atoms with Crippen molar-refractivity contribution >= 4 is 11.7 Å². The largest absolute Gasteiger partial charge is 0.497 e. The van der Waals surface area contributed by atoms with Crippen LogP contribution in [0.3, 0.4) is 0 Å². The third-order valence-electron chi connectivity index (χ3n) is 4.05. The number of esters is 1. The average molecular weight is 277 g/mol. The number of carbonyl (C=O) groups excluding carboxylic acids is 1. The molecule has 0 spiro atoms. The first-order valence-corrected chi connectivity index (χ1v) is 7.08. The Kier molecular flexibility index (Phi) is 4.53. The number of carbonyl (C=O) groups is 1. The minimum absolute atomic E-state index is 0.216. The molecule has 0 radical (unpaired) electrons. The Morgan fingerprint density at radius 3 is 2.70 bits per heavy atom. The van der Waals surface area contributed by atoms with E-state index in [0.717, 1.165) is 17.9 Å². The molecule has 20 heavy (non-hydrogen) atoms. The number of nitrogens with one attached hydrogen (secondary N) is 1. The number of hydrogen-bond acceptors (Lipinski definition) is 4. The third kappa shape index (κ3) is 3.24. The van der Waals surface area contributed by atoms with Gasteiger partial charge in [-0.05, 0) is 31.4 Å². The number of anilines is 1. The number of methoxy groups -OCH3 is 2. The highest BCUT2D eigenvalue weighted by Gasteiger charge is 2.38. The predicted octanol–water partition coefficient (Wildman–Crippen LogP) is 3.23. The molecule has 0 amide bonds. The highest BCUT2D eigenvalue weighted by Crippen LogP contribution is 2.36. The molecule has 4 heteroatoms. The fourth-order valence-electron chi connectivity index (χ4n) is 2.70. The summed E-state index contributed by atoms with van der Waals surface area (Å²) in [6.07, 6.45) is 4.47. The maximum atomic E-state index is 12.2. The summed E-state index contributed by atoms with van der Waals surface area (Å²) in [6, 6.07) is 7.61. The maximum Gasteiger partial charge on any atom is 0.331 e. The van der Waals surface area contributed by atoms with E-state index in [1.165, 1.54) is 26.4 Å². The molecule has 0 heterocycles. The van der Waals surface area contributed by atoms with Crippen molar-refractivity contribution in [1.29, 1.82) is 0 Å². The average Bonchev–Trinajstić information content (AvgIpc) is 2.42. The zero-order valence-electron chi connectivity index (χ0n) is 12.4. The molecule has 1 N–H and O–H groups in total. The zero-order valence-corrected chi connectivity index (χ0v) is 12.4. The lowest BCUT2D eigenvalue weighted by Crippen LogP contribution is -2.46. The lowest BCUT2D eigenvalue weighted by molar-refractivity contribution is -0.146. The summed E-state index contributed by atoms with van der Waals surface area (Å²) in [7, 11) is 3.07. The Morgan fingerprint density at radius 2 is 2.15 bits per heavy atom. The fraction of sp³-hybridized carbons (Fsp3) is 0.562. The van der Waals surface area contributed by atoms with E-state index in [-0.39, 0.29) is 5.97 Å². The first-order valence-electron chi connectivity index (χ1n) is 7.08. The molecule has 1 saturated carbocycles. The van der Waals surface area contributed by atoms with E-state index in [9.17, 15) is 4.79 Å². The lowest BCUT2D eigenvalue weighted by atomic mass is 9.76. The van der Waals surface area contributed by atoms with Crippen LogP contribution >= 0.6 is 0 Å². The van der Waals surface area contributed by atoms with Gasteiger partial charge in [-0.25, -0.2) is 4.79 Å². The van der Waals surface area contributed by atoms with Gasteiger partial charge in [0.25, 0.3) is 0 Å². The Morgan fingerprint density at radius 1 is 1.40 bits per heavy atom. The molecule has 1 aliphatic rings. The second-order valence-electron chi connectivity index (χ2n) is 5.68. The van der Waals surface area contributed by atoms with Crippen LogP contribution in [-0.4, -0.2) is 25.7 Å². The third-order valence-corrected chi connectivity index (χ3v) is 4.05. The van der Waals surface area contributed by atoms with Crippen LogP contribution in [0.25, 0.3) is 0 Å². The van der Waals surface area contributed by atoms with Crippen LogP contribution in [0.4, 0.5) is 5.69 Å². The molecular weight excluding hydrogens is 254 g/mol. The number of rotatable bonds is 6. The summed E-state index contributed by atoms with van der Waals surface area (Å²) >= 11 is 0. The van der Waals surface area contributed by atoms with Gasteiger partial charge in [0.15, 0.2) is 0 Å². The van der Waals surface area contributed by atoms with Crippen LogP contribution in [0, 0.1) is 5.92 Å². The standard InChI is InChI=1S/C16H23NO3/c1-16(15(18)20-3,11-12-6-4-7-12)17-13-8-5-9-14(10-13)19-2/h5,8-10,12,17H,4,6-7,11H2,1-3H3. The van der Waals surface area contributed by atoms with Crippen LogP contribution in [0.5, 0.6) is 5.75 Å². The van der Waals surface area contributed by atoms with Crippen molar-refractivity contribution in [1.82, 2.24) is 0 Å². The Hall–Kier alpha value is -1.71. The molecule has 0 bridgehead atoms. The van der Waals surface area contributed by atoms with E-state index in [0.29, 0.717) is 5.92 Å². The second-order valence-corrected chi connectivity index (χ2v) is 5.68. The summed E-state index contributed by atoms with van der Waals surface area (Å²) in [5.74, 6) is 1.16. The van der Waals surface area contributed by atoms with Gasteiger partial charge in [0.2, 0.25) is 0 Å². The fourth-order valence-corrected chi connectivity index (χ4v) is 2.70. The molecule has 1 aromatic rings. The highest BCUT2D eigenvalue weighted by atomic mass is 16.5. The van der Waals surface area contributed by atoms with Crippen LogP contribution in [0.1, 0.15) is 32.6 Å². The summed E-state index contributed by atoms with van der Waals surface area (Å²) in [5.41, 5.74) is 0.184. The number of benzene rings is 1. The predicted molar refractivity (Wildman–Crippen MR) is 79.0 cm³/mol. The quantitative estimate of drug-likeness (QED) is 0.811. The smallest absolute Gasteiger partial charge is 0.331 e. The molecule has 1 unspecified atom stereocenters. The minimum atomic E-state index is -0.688. The molecule has 0 aromatic heterocycles. The van der Waals surface area contributed by atoms with Gasteiger partial charge in [0, 0.05) is 11.8 Å². The molecule has 1 fully saturated rings. The lowest BCUT2D eigenvalue weighted by Gasteiger charge is -2.36. The van der Waals surface area contributed by atoms with Gasteiger partial charge in [-0.1, -0.05) is 25.3 Å². The number of hydrogen-bond donors (Lipinski definition) is 1. The molecule has 110 valence electrons. The van der Waals surface area contributed by atoms with Crippen molar-refractivity contribution in [2.45, 2.75) is 38.1 Å². The molecule has 4 nitrogen and oxygen atoms in total. The van der Waals surface area contributed by atoms with Crippen molar-refractivity contribution in [3.63, 3.8) is 0 Å². The van der Waals surface area contributed by atoms with Gasteiger partial charge in [0.1, 0.15) is 11.3 Å². The molecule has 0 saturated heterocycles. The Bertz CT molecular complexity index is 471. The Balaban J connectivity index is 2.15. The van der Waals surface area contributed by atoms with Crippen LogP contribution in [-0.2, 0) is 9.53 Å². The topological polar surface area (TPSA) is 47.6 Å². The molecule has 1 aliphatic carbocycles. The van der Waals surface area contributed by atoms with Gasteiger partial charge in [-0.2, -0.15) is 0 Å². The molecule has 0 aliphatic heterocycles. The van der Waals surface area contributed by atoms with Crippen molar-refractivity contribution in [2.24, 2.45) is 5.92 Å². The maximum absolute atomic E-state index is 12.2. The molecule has 1 aromatic carbocycles. The minimum Gasteiger partial charge on any atom is -0.497 e. The van der Waals surface area contributed by atoms with Gasteiger partial charge >= 0.3 is 5.97 Å². The molecule has 1 atom stereocenters. The van der Waals surface area contributed by atoms with Gasteiger partial charge < -0.3 is 14.8 Å². The second kappa shape index (κ2) is 6.16. The first-order chi connectivity index (χ1) is 9.57. The van der Waals surface area contributed by atoms with Gasteiger partial charge in [-0.3, -0.25) is 0 Å². The van der Waals surface area contributed by atoms with Crippen molar-refractivity contribution in [3.05, 3.63) is 24.3 Å². The summed E-state index contributed by atoms with van der Waals surface area (Å²) in [5, 5.41) is 3.33. The van der Waals surface area contributed by atoms with Crippen molar-refractivity contribution < 1.29 is 14.3 Å². The zero-order chi connectivity index (χ0) is 14.6. The molecule has 2 rings (SSSR count). The van der Waals surface area contributed by atoms with E-state index < -0.39 is 5.54 Å². The van der Waals surface area contributed by atoms with Crippen LogP contribution < -0.4 is 10.1 Å². The summed E-state index contributed by atoms with van der Waals surface area (Å²) in [4.78, 5) is 12.2. The summed E-state index contributed by atoms with van der Waals surface area (Å²) in [6.45, 7) is 1.91. The number of ether oxygens (including phenoxy) is 2. The van der Waals surface area contributed by atoms with E-state index in [4.69, 9.17) is 9.47 Å². The van der Waals surface area contributed by atoms with Crippen molar-refractivity contribution in [3.8, 4) is 5.75 Å². The normalized spacial score (nSPS) is 17.8. The monoisotopic (exact) mass is 277 g/mol.